The zero-order chi connectivity index (χ0) is 11.0. The lowest BCUT2D eigenvalue weighted by Crippen LogP contribution is -2.01. The molecule has 4 heteroatoms. The third-order valence-corrected chi connectivity index (χ3v) is 3.72. The van der Waals surface area contributed by atoms with E-state index in [0.717, 1.165) is 22.1 Å². The first-order chi connectivity index (χ1) is 7.86. The van der Waals surface area contributed by atoms with Gasteiger partial charge in [-0.15, -0.1) is 11.3 Å². The van der Waals surface area contributed by atoms with E-state index in [2.05, 4.69) is 11.1 Å². The molecule has 1 atom stereocenters. The second-order valence-electron chi connectivity index (χ2n) is 3.74. The topological polar surface area (TPSA) is 42.4 Å². The van der Waals surface area contributed by atoms with Gasteiger partial charge < -0.3 is 9.84 Å². The Bertz CT molecular complexity index is 484. The molecule has 1 aromatic heterocycles. The summed E-state index contributed by atoms with van der Waals surface area (Å²) in [5, 5.41) is 9.94. The molecule has 1 aliphatic heterocycles. The number of rotatable bonds is 2. The number of ether oxygens (including phenoxy) is 1. The van der Waals surface area contributed by atoms with Crippen molar-refractivity contribution in [2.75, 3.05) is 0 Å². The highest BCUT2D eigenvalue weighted by molar-refractivity contribution is 7.11. The molecule has 3 rings (SSSR count). The summed E-state index contributed by atoms with van der Waals surface area (Å²) < 4.78 is 5.82. The van der Waals surface area contributed by atoms with Gasteiger partial charge in [0.05, 0.1) is 11.5 Å². The van der Waals surface area contributed by atoms with Crippen LogP contribution in [-0.4, -0.2) is 10.1 Å². The molecule has 3 nitrogen and oxygen atoms in total. The van der Waals surface area contributed by atoms with Crippen molar-refractivity contribution in [3.05, 3.63) is 45.9 Å². The van der Waals surface area contributed by atoms with Crippen LogP contribution in [0.25, 0.3) is 0 Å². The SMILES string of the molecule is OCc1cnc(C2Cc3ccccc3O2)s1. The van der Waals surface area contributed by atoms with Crippen molar-refractivity contribution in [1.29, 1.82) is 0 Å². The summed E-state index contributed by atoms with van der Waals surface area (Å²) in [6, 6.07) is 8.06. The molecule has 0 bridgehead atoms. The maximum Gasteiger partial charge on any atom is 0.154 e. The molecule has 0 amide bonds. The molecule has 1 N–H and O–H groups in total. The molecule has 1 unspecified atom stereocenters. The molecule has 2 heterocycles. The maximum atomic E-state index is 9.00. The van der Waals surface area contributed by atoms with Crippen LogP contribution in [0.2, 0.25) is 0 Å². The standard InChI is InChI=1S/C12H11NO2S/c14-7-9-6-13-12(16-9)11-5-8-3-1-2-4-10(8)15-11/h1-4,6,11,14H,5,7H2. The number of aliphatic hydroxyl groups excluding tert-OH is 1. The summed E-state index contributed by atoms with van der Waals surface area (Å²) in [4.78, 5) is 5.17. The normalized spacial score (nSPS) is 18.2. The van der Waals surface area contributed by atoms with Gasteiger partial charge in [-0.2, -0.15) is 0 Å². The van der Waals surface area contributed by atoms with Gasteiger partial charge in [0.25, 0.3) is 0 Å². The Morgan fingerprint density at radius 2 is 2.31 bits per heavy atom. The highest BCUT2D eigenvalue weighted by Crippen LogP contribution is 2.37. The van der Waals surface area contributed by atoms with E-state index in [4.69, 9.17) is 9.84 Å². The second kappa shape index (κ2) is 3.88. The van der Waals surface area contributed by atoms with Crippen molar-refractivity contribution in [1.82, 2.24) is 4.98 Å². The zero-order valence-electron chi connectivity index (χ0n) is 8.59. The van der Waals surface area contributed by atoms with E-state index >= 15 is 0 Å². The summed E-state index contributed by atoms with van der Waals surface area (Å²) in [5.74, 6) is 0.952. The van der Waals surface area contributed by atoms with Gasteiger partial charge in [0.2, 0.25) is 0 Å². The third-order valence-electron chi connectivity index (χ3n) is 2.65. The van der Waals surface area contributed by atoms with E-state index in [-0.39, 0.29) is 12.7 Å². The number of para-hydroxylation sites is 1. The summed E-state index contributed by atoms with van der Waals surface area (Å²) in [7, 11) is 0. The van der Waals surface area contributed by atoms with Gasteiger partial charge in [-0.05, 0) is 11.6 Å². The number of hydrogen-bond donors (Lipinski definition) is 1. The Hall–Kier alpha value is -1.39. The van der Waals surface area contributed by atoms with Crippen LogP contribution in [0.3, 0.4) is 0 Å². The summed E-state index contributed by atoms with van der Waals surface area (Å²) in [6.45, 7) is 0.0529. The van der Waals surface area contributed by atoms with Crippen LogP contribution in [-0.2, 0) is 13.0 Å². The number of thiazole rings is 1. The largest absolute Gasteiger partial charge is 0.483 e. The molecular weight excluding hydrogens is 222 g/mol. The smallest absolute Gasteiger partial charge is 0.154 e. The lowest BCUT2D eigenvalue weighted by molar-refractivity contribution is 0.238. The Labute approximate surface area is 97.3 Å². The molecule has 1 aromatic carbocycles. The first-order valence-corrected chi connectivity index (χ1v) is 5.98. The van der Waals surface area contributed by atoms with Gasteiger partial charge in [-0.1, -0.05) is 18.2 Å². The highest BCUT2D eigenvalue weighted by Gasteiger charge is 2.26. The number of hydrogen-bond acceptors (Lipinski definition) is 4. The van der Waals surface area contributed by atoms with Crippen LogP contribution in [0.5, 0.6) is 5.75 Å². The average Bonchev–Trinajstić information content (AvgIpc) is 2.95. The van der Waals surface area contributed by atoms with Gasteiger partial charge in [-0.3, -0.25) is 0 Å². The second-order valence-corrected chi connectivity index (χ2v) is 4.89. The van der Waals surface area contributed by atoms with Crippen LogP contribution in [0.15, 0.2) is 30.5 Å². The molecule has 16 heavy (non-hydrogen) atoms. The van der Waals surface area contributed by atoms with E-state index in [1.807, 2.05) is 18.2 Å². The molecule has 0 radical (unpaired) electrons. The molecule has 1 aliphatic rings. The van der Waals surface area contributed by atoms with E-state index in [1.165, 1.54) is 16.9 Å². The minimum absolute atomic E-state index is 0.0164. The molecule has 82 valence electrons. The first kappa shape index (κ1) is 9.81. The third kappa shape index (κ3) is 1.60. The van der Waals surface area contributed by atoms with E-state index in [1.54, 1.807) is 6.20 Å². The minimum atomic E-state index is 0.0164. The zero-order valence-corrected chi connectivity index (χ0v) is 9.41. The lowest BCUT2D eigenvalue weighted by atomic mass is 10.1. The summed E-state index contributed by atoms with van der Waals surface area (Å²) in [6.07, 6.45) is 2.60. The monoisotopic (exact) mass is 233 g/mol. The van der Waals surface area contributed by atoms with Crippen LogP contribution < -0.4 is 4.74 Å². The molecule has 0 aliphatic carbocycles. The summed E-state index contributed by atoms with van der Waals surface area (Å²) in [5.41, 5.74) is 1.23. The minimum Gasteiger partial charge on any atom is -0.483 e. The predicted molar refractivity (Wildman–Crippen MR) is 61.6 cm³/mol. The summed E-state index contributed by atoms with van der Waals surface area (Å²) >= 11 is 1.51. The highest BCUT2D eigenvalue weighted by atomic mass is 32.1. The quantitative estimate of drug-likeness (QED) is 0.865. The van der Waals surface area contributed by atoms with E-state index in [9.17, 15) is 0 Å². The number of fused-ring (bicyclic) bond motifs is 1. The van der Waals surface area contributed by atoms with Gasteiger partial charge in [-0.25, -0.2) is 4.98 Å². The Morgan fingerprint density at radius 3 is 3.06 bits per heavy atom. The molecule has 0 fully saturated rings. The van der Waals surface area contributed by atoms with Crippen molar-refractivity contribution in [2.45, 2.75) is 19.1 Å². The van der Waals surface area contributed by atoms with Crippen molar-refractivity contribution in [3.8, 4) is 5.75 Å². The van der Waals surface area contributed by atoms with Crippen LogP contribution >= 0.6 is 11.3 Å². The fourth-order valence-electron chi connectivity index (χ4n) is 1.86. The fraction of sp³-hybridized carbons (Fsp3) is 0.250. The molecule has 0 spiro atoms. The maximum absolute atomic E-state index is 9.00. The Kier molecular flexibility index (Phi) is 2.38. The van der Waals surface area contributed by atoms with Crippen LogP contribution in [0, 0.1) is 0 Å². The van der Waals surface area contributed by atoms with E-state index in [0.29, 0.717) is 0 Å². The van der Waals surface area contributed by atoms with Gasteiger partial charge in [0, 0.05) is 12.6 Å². The number of aromatic nitrogens is 1. The predicted octanol–water partition coefficient (Wildman–Crippen LogP) is 2.31. The Morgan fingerprint density at radius 1 is 1.44 bits per heavy atom. The molecule has 2 aromatic rings. The van der Waals surface area contributed by atoms with Crippen LogP contribution in [0.4, 0.5) is 0 Å². The number of nitrogens with zero attached hydrogens (tertiary/aromatic N) is 1. The van der Waals surface area contributed by atoms with Crippen molar-refractivity contribution < 1.29 is 9.84 Å². The first-order valence-electron chi connectivity index (χ1n) is 5.17. The number of aliphatic hydroxyl groups is 1. The Balaban J connectivity index is 1.85. The van der Waals surface area contributed by atoms with Gasteiger partial charge in [0.1, 0.15) is 10.8 Å². The van der Waals surface area contributed by atoms with Crippen molar-refractivity contribution >= 4 is 11.3 Å². The average molecular weight is 233 g/mol. The fourth-order valence-corrected chi connectivity index (χ4v) is 2.67. The van der Waals surface area contributed by atoms with Crippen molar-refractivity contribution in [2.24, 2.45) is 0 Å². The van der Waals surface area contributed by atoms with E-state index < -0.39 is 0 Å². The lowest BCUT2D eigenvalue weighted by Gasteiger charge is -2.05. The number of benzene rings is 1. The van der Waals surface area contributed by atoms with Crippen molar-refractivity contribution in [3.63, 3.8) is 0 Å². The van der Waals surface area contributed by atoms with Gasteiger partial charge in [0.15, 0.2) is 6.10 Å². The molecule has 0 saturated heterocycles. The van der Waals surface area contributed by atoms with Crippen LogP contribution in [0.1, 0.15) is 21.6 Å². The molecule has 0 saturated carbocycles. The molecular formula is C12H11NO2S. The van der Waals surface area contributed by atoms with Gasteiger partial charge >= 0.3 is 0 Å².